The van der Waals surface area contributed by atoms with E-state index in [-0.39, 0.29) is 11.3 Å². The van der Waals surface area contributed by atoms with Crippen LogP contribution < -0.4 is 4.18 Å². The molecule has 0 aromatic heterocycles. The summed E-state index contributed by atoms with van der Waals surface area (Å²) in [4.78, 5) is 12.1. The van der Waals surface area contributed by atoms with Gasteiger partial charge in [0.25, 0.3) is 0 Å². The summed E-state index contributed by atoms with van der Waals surface area (Å²) in [6, 6.07) is 3.29. The van der Waals surface area contributed by atoms with Gasteiger partial charge in [-0.1, -0.05) is 32.9 Å². The summed E-state index contributed by atoms with van der Waals surface area (Å²) < 4.78 is 138. The Morgan fingerprint density at radius 3 is 1.81 bits per heavy atom. The fourth-order valence-electron chi connectivity index (χ4n) is 1.80. The Bertz CT molecular complexity index is 1030. The maximum absolute atomic E-state index is 13.7. The molecular weight excluding hydrogens is 482 g/mol. The van der Waals surface area contributed by atoms with Gasteiger partial charge in [0.15, 0.2) is 10.1 Å². The summed E-state index contributed by atoms with van der Waals surface area (Å²) in [6.45, 7) is 5.01. The third kappa shape index (κ3) is 4.98. The molecule has 0 aliphatic rings. The Morgan fingerprint density at radius 1 is 0.968 bits per heavy atom. The Kier molecular flexibility index (Phi) is 7.22. The number of alkyl halides is 6. The van der Waals surface area contributed by atoms with E-state index in [0.717, 1.165) is 18.6 Å². The normalized spacial score (nSPS) is 14.4. The van der Waals surface area contributed by atoms with Crippen molar-refractivity contribution >= 4 is 26.0 Å². The van der Waals surface area contributed by atoms with Crippen LogP contribution in [0.5, 0.6) is 5.75 Å². The summed E-state index contributed by atoms with van der Waals surface area (Å²) >= 11 is 0. The zero-order valence-electron chi connectivity index (χ0n) is 16.0. The van der Waals surface area contributed by atoms with Crippen molar-refractivity contribution in [1.29, 1.82) is 0 Å². The molecule has 0 heterocycles. The first-order chi connectivity index (χ1) is 13.6. The molecular formula is C16H16F6O7S2-. The van der Waals surface area contributed by atoms with Crippen molar-refractivity contribution in [1.82, 2.24) is 0 Å². The van der Waals surface area contributed by atoms with E-state index >= 15 is 0 Å². The van der Waals surface area contributed by atoms with Crippen molar-refractivity contribution in [2.45, 2.75) is 43.6 Å². The SMILES string of the molecule is CCC(C)(C)C(=O)[CH]c1ccc(OS(=O)(=O)C(F)(F)C(F)(F)C(F)(F)S(=O)(=O)[O-])cc1. The van der Waals surface area contributed by atoms with Crippen LogP contribution in [0.15, 0.2) is 24.3 Å². The number of benzene rings is 1. The topological polar surface area (TPSA) is 118 Å². The molecule has 0 aliphatic carbocycles. The Balaban J connectivity index is 3.18. The molecule has 15 heteroatoms. The monoisotopic (exact) mass is 498 g/mol. The Labute approximate surface area is 174 Å². The molecule has 0 fully saturated rings. The molecule has 1 aromatic carbocycles. The van der Waals surface area contributed by atoms with E-state index in [9.17, 15) is 52.5 Å². The first kappa shape index (κ1) is 27.2. The fourth-order valence-corrected chi connectivity index (χ4v) is 3.22. The second-order valence-electron chi connectivity index (χ2n) is 6.91. The van der Waals surface area contributed by atoms with Crippen molar-refractivity contribution in [3.63, 3.8) is 0 Å². The lowest BCUT2D eigenvalue weighted by atomic mass is 9.82. The first-order valence-corrected chi connectivity index (χ1v) is 11.0. The smallest absolute Gasteiger partial charge is 0.450 e. The largest absolute Gasteiger partial charge is 0.743 e. The Morgan fingerprint density at radius 2 is 1.42 bits per heavy atom. The predicted octanol–water partition coefficient (Wildman–Crippen LogP) is 3.32. The van der Waals surface area contributed by atoms with Crippen LogP contribution >= 0.6 is 0 Å². The number of rotatable bonds is 10. The highest BCUT2D eigenvalue weighted by Crippen LogP contribution is 2.50. The molecule has 1 rings (SSSR count). The molecule has 1 aromatic rings. The van der Waals surface area contributed by atoms with E-state index in [0.29, 0.717) is 18.6 Å². The lowest BCUT2D eigenvalue weighted by Gasteiger charge is -2.32. The average molecular weight is 498 g/mol. The number of hydrogen-bond donors (Lipinski definition) is 0. The van der Waals surface area contributed by atoms with Gasteiger partial charge in [-0.3, -0.25) is 4.79 Å². The molecule has 0 saturated heterocycles. The van der Waals surface area contributed by atoms with Crippen molar-refractivity contribution in [3.8, 4) is 5.75 Å². The maximum atomic E-state index is 13.7. The summed E-state index contributed by atoms with van der Waals surface area (Å²) in [5, 5.41) is -13.8. The van der Waals surface area contributed by atoms with Crippen LogP contribution in [0.2, 0.25) is 0 Å². The fraction of sp³-hybridized carbons (Fsp3) is 0.500. The standard InChI is InChI=1S/C16H17F6O7S2/c1-4-13(2,3)12(23)9-10-5-7-11(8-6-10)29-31(27,28)16(21,22)14(17,18)15(19,20)30(24,25)26/h5-9H,4H2,1-3H3,(H,24,25,26)/p-1. The van der Waals surface area contributed by atoms with Gasteiger partial charge in [-0.05, 0) is 24.1 Å². The molecule has 0 amide bonds. The van der Waals surface area contributed by atoms with Gasteiger partial charge in [0, 0.05) is 5.41 Å². The summed E-state index contributed by atoms with van der Waals surface area (Å²) in [6.07, 6.45) is 1.60. The summed E-state index contributed by atoms with van der Waals surface area (Å²) in [5.41, 5.74) is -0.600. The lowest BCUT2D eigenvalue weighted by molar-refractivity contribution is -0.247. The average Bonchev–Trinajstić information content (AvgIpc) is 2.61. The van der Waals surface area contributed by atoms with Crippen molar-refractivity contribution in [3.05, 3.63) is 36.2 Å². The number of halogens is 6. The molecule has 0 aliphatic heterocycles. The minimum absolute atomic E-state index is 0.150. The summed E-state index contributed by atoms with van der Waals surface area (Å²) in [5.74, 6) is -8.54. The van der Waals surface area contributed by atoms with Crippen LogP contribution in [-0.2, 0) is 25.0 Å². The second-order valence-corrected chi connectivity index (χ2v) is 9.92. The minimum Gasteiger partial charge on any atom is -0.743 e. The van der Waals surface area contributed by atoms with Gasteiger partial charge in [0.2, 0.25) is 0 Å². The van der Waals surface area contributed by atoms with Crippen molar-refractivity contribution in [2.24, 2.45) is 5.41 Å². The van der Waals surface area contributed by atoms with Gasteiger partial charge < -0.3 is 8.74 Å². The van der Waals surface area contributed by atoms with Crippen molar-refractivity contribution < 1.29 is 56.7 Å². The molecule has 0 N–H and O–H groups in total. The third-order valence-electron chi connectivity index (χ3n) is 4.29. The molecule has 7 nitrogen and oxygen atoms in total. The van der Waals surface area contributed by atoms with E-state index in [4.69, 9.17) is 0 Å². The minimum atomic E-state index is -7.38. The molecule has 0 unspecified atom stereocenters. The molecule has 31 heavy (non-hydrogen) atoms. The predicted molar refractivity (Wildman–Crippen MR) is 93.0 cm³/mol. The van der Waals surface area contributed by atoms with Gasteiger partial charge in [0.1, 0.15) is 11.5 Å². The quantitative estimate of drug-likeness (QED) is 0.276. The zero-order valence-corrected chi connectivity index (χ0v) is 17.7. The first-order valence-electron chi connectivity index (χ1n) is 8.16. The molecule has 0 spiro atoms. The molecule has 1 radical (unpaired) electrons. The number of carbonyl (C=O) groups is 1. The van der Waals surface area contributed by atoms with E-state index < -0.39 is 47.8 Å². The molecule has 177 valence electrons. The van der Waals surface area contributed by atoms with Crippen LogP contribution in [0.1, 0.15) is 32.8 Å². The maximum Gasteiger partial charge on any atom is 0.450 e. The Hall–Kier alpha value is -1.87. The van der Waals surface area contributed by atoms with Gasteiger partial charge in [-0.15, -0.1) is 0 Å². The molecule has 0 atom stereocenters. The molecule has 0 bridgehead atoms. The number of ketones is 1. The van der Waals surface area contributed by atoms with Crippen LogP contribution in [0.25, 0.3) is 0 Å². The number of hydrogen-bond acceptors (Lipinski definition) is 7. The van der Waals surface area contributed by atoms with E-state index in [1.54, 1.807) is 20.8 Å². The van der Waals surface area contributed by atoms with Gasteiger partial charge in [-0.25, -0.2) is 8.42 Å². The van der Waals surface area contributed by atoms with Crippen LogP contribution in [0, 0.1) is 11.8 Å². The summed E-state index contributed by atoms with van der Waals surface area (Å²) in [7, 11) is -14.3. The zero-order chi connectivity index (χ0) is 24.7. The van der Waals surface area contributed by atoms with Gasteiger partial charge >= 0.3 is 26.5 Å². The van der Waals surface area contributed by atoms with Crippen LogP contribution in [0.4, 0.5) is 26.3 Å². The highest BCUT2D eigenvalue weighted by atomic mass is 32.2. The molecule has 0 saturated carbocycles. The highest BCUT2D eigenvalue weighted by Gasteiger charge is 2.81. The van der Waals surface area contributed by atoms with Crippen LogP contribution in [-0.4, -0.2) is 43.6 Å². The second kappa shape index (κ2) is 8.24. The highest BCUT2D eigenvalue weighted by molar-refractivity contribution is 7.88. The van der Waals surface area contributed by atoms with Crippen molar-refractivity contribution in [2.75, 3.05) is 0 Å². The van der Waals surface area contributed by atoms with E-state index in [1.807, 2.05) is 0 Å². The number of carbonyl (C=O) groups excluding carboxylic acids is 1. The van der Waals surface area contributed by atoms with E-state index in [1.165, 1.54) is 0 Å². The lowest BCUT2D eigenvalue weighted by Crippen LogP contribution is -2.61. The van der Waals surface area contributed by atoms with Crippen LogP contribution in [0.3, 0.4) is 0 Å². The van der Waals surface area contributed by atoms with E-state index in [2.05, 4.69) is 4.18 Å². The number of Topliss-reactive ketones (excluding diaryl/α,β-unsaturated/α-hetero) is 1. The third-order valence-corrected chi connectivity index (χ3v) is 6.47. The van der Waals surface area contributed by atoms with Gasteiger partial charge in [-0.2, -0.15) is 34.8 Å². The van der Waals surface area contributed by atoms with Gasteiger partial charge in [0.05, 0.1) is 6.42 Å².